The minimum atomic E-state index is -3.61. The molecule has 2 atom stereocenters. The second-order valence-corrected chi connectivity index (χ2v) is 6.45. The molecule has 2 unspecified atom stereocenters. The van der Waals surface area contributed by atoms with Crippen molar-refractivity contribution in [2.45, 2.75) is 37.7 Å². The molecule has 0 aliphatic carbocycles. The summed E-state index contributed by atoms with van der Waals surface area (Å²) in [7, 11) is -3.61. The Hall–Kier alpha value is -0.980. The van der Waals surface area contributed by atoms with E-state index in [1.807, 2.05) is 13.8 Å². The smallest absolute Gasteiger partial charge is 0.242 e. The largest absolute Gasteiger partial charge is 0.389 e. The second-order valence-electron chi connectivity index (χ2n) is 4.68. The van der Waals surface area contributed by atoms with Crippen molar-refractivity contribution in [2.75, 3.05) is 6.54 Å². The van der Waals surface area contributed by atoms with Gasteiger partial charge in [-0.1, -0.05) is 20.3 Å². The van der Waals surface area contributed by atoms with E-state index in [9.17, 15) is 13.5 Å². The molecule has 0 aliphatic heterocycles. The molecular weight excluding hydrogens is 252 g/mol. The van der Waals surface area contributed by atoms with Crippen LogP contribution in [0.5, 0.6) is 0 Å². The fraction of sp³-hybridized carbons (Fsp3) is 0.583. The van der Waals surface area contributed by atoms with Gasteiger partial charge in [0.25, 0.3) is 0 Å². The molecule has 0 saturated carbocycles. The van der Waals surface area contributed by atoms with Crippen LogP contribution in [-0.2, 0) is 10.0 Å². The van der Waals surface area contributed by atoms with E-state index in [2.05, 4.69) is 9.71 Å². The van der Waals surface area contributed by atoms with Crippen molar-refractivity contribution in [3.63, 3.8) is 0 Å². The van der Waals surface area contributed by atoms with Crippen LogP contribution in [0.1, 0.15) is 27.2 Å². The maximum Gasteiger partial charge on any atom is 0.242 e. The van der Waals surface area contributed by atoms with Gasteiger partial charge in [-0.2, -0.15) is 0 Å². The van der Waals surface area contributed by atoms with Crippen molar-refractivity contribution < 1.29 is 13.5 Å². The summed E-state index contributed by atoms with van der Waals surface area (Å²) < 4.78 is 26.3. The Bertz CT molecular complexity index is 471. The van der Waals surface area contributed by atoms with Crippen molar-refractivity contribution in [1.29, 1.82) is 0 Å². The number of aromatic nitrogens is 1. The molecule has 0 aliphatic rings. The summed E-state index contributed by atoms with van der Waals surface area (Å²) >= 11 is 0. The predicted molar refractivity (Wildman–Crippen MR) is 69.5 cm³/mol. The van der Waals surface area contributed by atoms with Gasteiger partial charge in [-0.3, -0.25) is 4.98 Å². The Balaban J connectivity index is 2.75. The van der Waals surface area contributed by atoms with E-state index < -0.39 is 15.6 Å². The van der Waals surface area contributed by atoms with Crippen LogP contribution in [0.3, 0.4) is 0 Å². The molecule has 0 aromatic carbocycles. The topological polar surface area (TPSA) is 79.3 Å². The van der Waals surface area contributed by atoms with E-state index in [1.165, 1.54) is 18.5 Å². The third-order valence-corrected chi connectivity index (χ3v) is 4.63. The monoisotopic (exact) mass is 272 g/mol. The molecule has 0 amide bonds. The first-order chi connectivity index (χ1) is 8.29. The van der Waals surface area contributed by atoms with Gasteiger partial charge in [0.05, 0.1) is 5.60 Å². The van der Waals surface area contributed by atoms with E-state index >= 15 is 0 Å². The fourth-order valence-corrected chi connectivity index (χ4v) is 2.55. The standard InChI is InChI=1S/C12H20N2O3S/c1-4-10(2)12(3,15)9-14-18(16,17)11-6-5-7-13-8-11/h5-8,10,14-15H,4,9H2,1-3H3. The van der Waals surface area contributed by atoms with E-state index in [0.717, 1.165) is 6.42 Å². The van der Waals surface area contributed by atoms with Gasteiger partial charge < -0.3 is 5.11 Å². The van der Waals surface area contributed by atoms with E-state index in [1.54, 1.807) is 13.0 Å². The first-order valence-electron chi connectivity index (χ1n) is 5.91. The first kappa shape index (κ1) is 15.1. The summed E-state index contributed by atoms with van der Waals surface area (Å²) in [4.78, 5) is 3.87. The number of nitrogens with one attached hydrogen (secondary N) is 1. The lowest BCUT2D eigenvalue weighted by molar-refractivity contribution is 0.0102. The number of hydrogen-bond acceptors (Lipinski definition) is 4. The number of rotatable bonds is 6. The van der Waals surface area contributed by atoms with Crippen LogP contribution in [0.25, 0.3) is 0 Å². The summed E-state index contributed by atoms with van der Waals surface area (Å²) in [5.41, 5.74) is -1.07. The molecule has 102 valence electrons. The van der Waals surface area contributed by atoms with Gasteiger partial charge in [-0.25, -0.2) is 13.1 Å². The van der Waals surface area contributed by atoms with Gasteiger partial charge in [0.2, 0.25) is 10.0 Å². The maximum atomic E-state index is 11.9. The number of hydrogen-bond donors (Lipinski definition) is 2. The van der Waals surface area contributed by atoms with Crippen LogP contribution in [0.4, 0.5) is 0 Å². The predicted octanol–water partition coefficient (Wildman–Crippen LogP) is 1.16. The van der Waals surface area contributed by atoms with Crippen molar-refractivity contribution in [3.05, 3.63) is 24.5 Å². The lowest BCUT2D eigenvalue weighted by Crippen LogP contribution is -2.44. The molecule has 1 aromatic heterocycles. The maximum absolute atomic E-state index is 11.9. The van der Waals surface area contributed by atoms with Crippen LogP contribution in [0, 0.1) is 5.92 Å². The molecule has 5 nitrogen and oxygen atoms in total. The second kappa shape index (κ2) is 5.77. The van der Waals surface area contributed by atoms with Crippen LogP contribution in [-0.4, -0.2) is 30.7 Å². The van der Waals surface area contributed by atoms with Crippen molar-refractivity contribution in [3.8, 4) is 0 Å². The highest BCUT2D eigenvalue weighted by Gasteiger charge is 2.29. The Labute approximate surface area is 108 Å². The molecule has 0 spiro atoms. The summed E-state index contributed by atoms with van der Waals surface area (Å²) in [6.45, 7) is 5.46. The highest BCUT2D eigenvalue weighted by atomic mass is 32.2. The average Bonchev–Trinajstić information content (AvgIpc) is 2.36. The lowest BCUT2D eigenvalue weighted by atomic mass is 9.89. The van der Waals surface area contributed by atoms with E-state index in [4.69, 9.17) is 0 Å². The first-order valence-corrected chi connectivity index (χ1v) is 7.40. The summed E-state index contributed by atoms with van der Waals surface area (Å²) in [6.07, 6.45) is 3.57. The molecule has 18 heavy (non-hydrogen) atoms. The number of nitrogens with zero attached hydrogens (tertiary/aromatic N) is 1. The Morgan fingerprint density at radius 3 is 2.72 bits per heavy atom. The average molecular weight is 272 g/mol. The Morgan fingerprint density at radius 2 is 2.22 bits per heavy atom. The van der Waals surface area contributed by atoms with E-state index in [0.29, 0.717) is 0 Å². The summed E-state index contributed by atoms with van der Waals surface area (Å²) in [6, 6.07) is 3.02. The zero-order valence-electron chi connectivity index (χ0n) is 10.9. The molecular formula is C12H20N2O3S. The molecule has 0 fully saturated rings. The minimum absolute atomic E-state index is 0.00842. The number of sulfonamides is 1. The highest BCUT2D eigenvalue weighted by Crippen LogP contribution is 2.19. The molecule has 6 heteroatoms. The third-order valence-electron chi connectivity index (χ3n) is 3.24. The van der Waals surface area contributed by atoms with Crippen molar-refractivity contribution in [1.82, 2.24) is 9.71 Å². The van der Waals surface area contributed by atoms with Crippen molar-refractivity contribution in [2.24, 2.45) is 5.92 Å². The molecule has 1 aromatic rings. The Morgan fingerprint density at radius 1 is 1.56 bits per heavy atom. The molecule has 1 heterocycles. The zero-order chi connectivity index (χ0) is 13.8. The molecule has 0 bridgehead atoms. The van der Waals surface area contributed by atoms with Crippen LogP contribution < -0.4 is 4.72 Å². The molecule has 0 saturated heterocycles. The highest BCUT2D eigenvalue weighted by molar-refractivity contribution is 7.89. The quantitative estimate of drug-likeness (QED) is 0.814. The third kappa shape index (κ3) is 3.76. The van der Waals surface area contributed by atoms with Crippen LogP contribution in [0.2, 0.25) is 0 Å². The molecule has 0 radical (unpaired) electrons. The Kier molecular flexibility index (Phi) is 4.84. The summed E-state index contributed by atoms with van der Waals surface area (Å²) in [5.74, 6) is 0.00842. The van der Waals surface area contributed by atoms with Gasteiger partial charge in [-0.15, -0.1) is 0 Å². The van der Waals surface area contributed by atoms with Gasteiger partial charge in [0, 0.05) is 18.9 Å². The SMILES string of the molecule is CCC(C)C(C)(O)CNS(=O)(=O)c1cccnc1. The van der Waals surface area contributed by atoms with Crippen LogP contribution in [0.15, 0.2) is 29.4 Å². The normalized spacial score (nSPS) is 17.1. The number of pyridine rings is 1. The lowest BCUT2D eigenvalue weighted by Gasteiger charge is -2.29. The molecule has 1 rings (SSSR count). The number of aliphatic hydroxyl groups is 1. The van der Waals surface area contributed by atoms with Crippen LogP contribution >= 0.6 is 0 Å². The fourth-order valence-electron chi connectivity index (χ4n) is 1.44. The zero-order valence-corrected chi connectivity index (χ0v) is 11.7. The van der Waals surface area contributed by atoms with Gasteiger partial charge >= 0.3 is 0 Å². The van der Waals surface area contributed by atoms with E-state index in [-0.39, 0.29) is 17.4 Å². The summed E-state index contributed by atoms with van der Waals surface area (Å²) in [5, 5.41) is 10.2. The van der Waals surface area contributed by atoms with Crippen molar-refractivity contribution >= 4 is 10.0 Å². The van der Waals surface area contributed by atoms with Gasteiger partial charge in [0.15, 0.2) is 0 Å². The molecule has 2 N–H and O–H groups in total. The van der Waals surface area contributed by atoms with Gasteiger partial charge in [-0.05, 0) is 25.0 Å². The minimum Gasteiger partial charge on any atom is -0.389 e. The van der Waals surface area contributed by atoms with Gasteiger partial charge in [0.1, 0.15) is 4.90 Å².